The average molecular weight is 311 g/mol. The summed E-state index contributed by atoms with van der Waals surface area (Å²) < 4.78 is 15.1. The van der Waals surface area contributed by atoms with E-state index in [2.05, 4.69) is 22.5 Å². The highest BCUT2D eigenvalue weighted by Gasteiger charge is 2.11. The van der Waals surface area contributed by atoms with Crippen LogP contribution in [-0.2, 0) is 19.4 Å². The van der Waals surface area contributed by atoms with Gasteiger partial charge in [0.25, 0.3) is 0 Å². The van der Waals surface area contributed by atoms with Gasteiger partial charge >= 0.3 is 0 Å². The minimum atomic E-state index is -0.223. The molecule has 0 fully saturated rings. The lowest BCUT2D eigenvalue weighted by atomic mass is 10.0. The number of aryl methyl sites for hydroxylation is 1. The van der Waals surface area contributed by atoms with E-state index < -0.39 is 0 Å². The van der Waals surface area contributed by atoms with Gasteiger partial charge in [0.1, 0.15) is 5.82 Å². The minimum Gasteiger partial charge on any atom is -0.396 e. The Morgan fingerprint density at radius 2 is 1.96 bits per heavy atom. The number of rotatable bonds is 6. The fraction of sp³-hybridized carbons (Fsp3) is 0.263. The molecule has 0 bridgehead atoms. The molecule has 0 atom stereocenters. The maximum atomic E-state index is 13.0. The topological polar surface area (TPSA) is 38.0 Å². The molecule has 0 unspecified atom stereocenters. The number of halogens is 1. The number of aromatic nitrogens is 2. The second kappa shape index (κ2) is 6.92. The van der Waals surface area contributed by atoms with Gasteiger partial charge in [-0.25, -0.2) is 4.39 Å². The van der Waals surface area contributed by atoms with Gasteiger partial charge in [-0.2, -0.15) is 0 Å². The quantitative estimate of drug-likeness (QED) is 0.756. The smallest absolute Gasteiger partial charge is 0.123 e. The molecule has 0 aliphatic rings. The Morgan fingerprint density at radius 3 is 2.65 bits per heavy atom. The molecule has 0 aliphatic carbocycles. The van der Waals surface area contributed by atoms with Gasteiger partial charge in [-0.15, -0.1) is 0 Å². The Kier molecular flexibility index (Phi) is 4.72. The van der Waals surface area contributed by atoms with Crippen LogP contribution in [-0.4, -0.2) is 21.3 Å². The van der Waals surface area contributed by atoms with Gasteiger partial charge in [-0.05, 0) is 55.5 Å². The zero-order valence-electron chi connectivity index (χ0n) is 13.0. The van der Waals surface area contributed by atoms with Crippen molar-refractivity contribution in [2.24, 2.45) is 0 Å². The van der Waals surface area contributed by atoms with Gasteiger partial charge in [0, 0.05) is 30.4 Å². The number of hydrogen-bond donors (Lipinski definition) is 1. The van der Waals surface area contributed by atoms with Crippen molar-refractivity contribution < 1.29 is 9.50 Å². The number of benzene rings is 1. The van der Waals surface area contributed by atoms with E-state index >= 15 is 0 Å². The molecule has 23 heavy (non-hydrogen) atoms. The molecule has 4 heteroatoms. The molecule has 0 amide bonds. The standard InChI is InChI=1S/C19H20FN2O/c1-2-18-16(4-3-11-23)17-9-10-22(19(17)12-21-18)13-14-5-7-15(20)8-6-14/h5-10,12,23H,1-4,11,13H2. The van der Waals surface area contributed by atoms with Crippen molar-refractivity contribution in [1.29, 1.82) is 0 Å². The van der Waals surface area contributed by atoms with Crippen LogP contribution < -0.4 is 0 Å². The Labute approximate surface area is 135 Å². The van der Waals surface area contributed by atoms with E-state index in [1.54, 1.807) is 12.1 Å². The normalized spacial score (nSPS) is 11.3. The second-order valence-electron chi connectivity index (χ2n) is 5.63. The highest BCUT2D eigenvalue weighted by atomic mass is 19.1. The summed E-state index contributed by atoms with van der Waals surface area (Å²) in [4.78, 5) is 4.54. The van der Waals surface area contributed by atoms with Crippen LogP contribution in [0, 0.1) is 12.7 Å². The monoisotopic (exact) mass is 311 g/mol. The summed E-state index contributed by atoms with van der Waals surface area (Å²) in [5.74, 6) is -0.223. The molecule has 2 aromatic heterocycles. The van der Waals surface area contributed by atoms with Crippen molar-refractivity contribution in [1.82, 2.24) is 9.55 Å². The van der Waals surface area contributed by atoms with Crippen LogP contribution in [0.2, 0.25) is 0 Å². The number of pyridine rings is 1. The van der Waals surface area contributed by atoms with Crippen molar-refractivity contribution in [3.8, 4) is 0 Å². The van der Waals surface area contributed by atoms with Crippen LogP contribution in [0.4, 0.5) is 4.39 Å². The number of aliphatic hydroxyl groups is 1. The van der Waals surface area contributed by atoms with E-state index in [-0.39, 0.29) is 12.4 Å². The number of fused-ring (bicyclic) bond motifs is 1. The van der Waals surface area contributed by atoms with Crippen molar-refractivity contribution in [2.45, 2.75) is 25.8 Å². The van der Waals surface area contributed by atoms with Gasteiger partial charge in [0.05, 0.1) is 11.7 Å². The summed E-state index contributed by atoms with van der Waals surface area (Å²) in [5, 5.41) is 10.3. The zero-order valence-corrected chi connectivity index (χ0v) is 13.0. The first-order valence-electron chi connectivity index (χ1n) is 7.83. The van der Waals surface area contributed by atoms with E-state index in [9.17, 15) is 4.39 Å². The van der Waals surface area contributed by atoms with Crippen LogP contribution in [0.5, 0.6) is 0 Å². The van der Waals surface area contributed by atoms with Gasteiger partial charge in [0.15, 0.2) is 0 Å². The summed E-state index contributed by atoms with van der Waals surface area (Å²) in [5.41, 5.74) is 4.26. The lowest BCUT2D eigenvalue weighted by Crippen LogP contribution is -2.02. The summed E-state index contributed by atoms with van der Waals surface area (Å²) in [6.45, 7) is 4.79. The average Bonchev–Trinajstić information content (AvgIpc) is 2.98. The lowest BCUT2D eigenvalue weighted by molar-refractivity contribution is 0.288. The predicted molar refractivity (Wildman–Crippen MR) is 89.7 cm³/mol. The number of nitrogens with zero attached hydrogens (tertiary/aromatic N) is 2. The van der Waals surface area contributed by atoms with Crippen molar-refractivity contribution in [2.75, 3.05) is 6.61 Å². The molecule has 119 valence electrons. The maximum Gasteiger partial charge on any atom is 0.123 e. The first kappa shape index (κ1) is 15.7. The van der Waals surface area contributed by atoms with Crippen molar-refractivity contribution >= 4 is 10.9 Å². The van der Waals surface area contributed by atoms with Crippen molar-refractivity contribution in [3.05, 3.63) is 72.3 Å². The lowest BCUT2D eigenvalue weighted by Gasteiger charge is -2.10. The molecule has 2 heterocycles. The van der Waals surface area contributed by atoms with Gasteiger partial charge < -0.3 is 9.67 Å². The fourth-order valence-corrected chi connectivity index (χ4v) is 2.93. The Hall–Kier alpha value is -2.20. The molecule has 1 N–H and O–H groups in total. The van der Waals surface area contributed by atoms with Gasteiger partial charge in [0.2, 0.25) is 0 Å². The van der Waals surface area contributed by atoms with Crippen LogP contribution in [0.1, 0.15) is 23.2 Å². The molecular formula is C19H20FN2O. The maximum absolute atomic E-state index is 13.0. The highest BCUT2D eigenvalue weighted by Crippen LogP contribution is 2.24. The molecule has 1 radical (unpaired) electrons. The third kappa shape index (κ3) is 3.27. The largest absolute Gasteiger partial charge is 0.396 e. The second-order valence-corrected chi connectivity index (χ2v) is 5.63. The Balaban J connectivity index is 1.98. The molecule has 3 aromatic rings. The van der Waals surface area contributed by atoms with E-state index in [4.69, 9.17) is 5.11 Å². The number of hydrogen-bond acceptors (Lipinski definition) is 2. The highest BCUT2D eigenvalue weighted by molar-refractivity contribution is 5.83. The SMILES string of the molecule is [CH2]Cc1ncc2c(ccn2Cc2ccc(F)cc2)c1CCCO. The third-order valence-electron chi connectivity index (χ3n) is 4.11. The van der Waals surface area contributed by atoms with Gasteiger partial charge in [-0.3, -0.25) is 4.98 Å². The fourth-order valence-electron chi connectivity index (χ4n) is 2.93. The van der Waals surface area contributed by atoms with Crippen LogP contribution in [0.3, 0.4) is 0 Å². The number of aliphatic hydroxyl groups excluding tert-OH is 1. The Bertz CT molecular complexity index is 793. The van der Waals surface area contributed by atoms with Gasteiger partial charge in [-0.1, -0.05) is 12.1 Å². The third-order valence-corrected chi connectivity index (χ3v) is 4.11. The molecule has 1 aromatic carbocycles. The summed E-state index contributed by atoms with van der Waals surface area (Å²) in [7, 11) is 0. The molecule has 0 spiro atoms. The molecular weight excluding hydrogens is 291 g/mol. The van der Waals surface area contributed by atoms with Crippen molar-refractivity contribution in [3.63, 3.8) is 0 Å². The summed E-state index contributed by atoms with van der Waals surface area (Å²) in [6.07, 6.45) is 6.07. The summed E-state index contributed by atoms with van der Waals surface area (Å²) in [6, 6.07) is 8.64. The predicted octanol–water partition coefficient (Wildman–Crippen LogP) is 3.53. The minimum absolute atomic E-state index is 0.170. The Morgan fingerprint density at radius 1 is 1.17 bits per heavy atom. The van der Waals surface area contributed by atoms with E-state index in [0.29, 0.717) is 13.0 Å². The van der Waals surface area contributed by atoms with E-state index in [1.807, 2.05) is 12.4 Å². The van der Waals surface area contributed by atoms with Crippen LogP contribution in [0.25, 0.3) is 10.9 Å². The molecule has 0 aliphatic heterocycles. The molecule has 0 saturated carbocycles. The van der Waals surface area contributed by atoms with Crippen LogP contribution in [0.15, 0.2) is 42.7 Å². The molecule has 0 saturated heterocycles. The zero-order chi connectivity index (χ0) is 16.2. The summed E-state index contributed by atoms with van der Waals surface area (Å²) >= 11 is 0. The first-order valence-corrected chi connectivity index (χ1v) is 7.83. The van der Waals surface area contributed by atoms with E-state index in [0.717, 1.165) is 35.0 Å². The van der Waals surface area contributed by atoms with E-state index in [1.165, 1.54) is 17.7 Å². The molecule has 3 nitrogen and oxygen atoms in total. The van der Waals surface area contributed by atoms with Crippen LogP contribution >= 0.6 is 0 Å². The molecule has 3 rings (SSSR count). The first-order chi connectivity index (χ1) is 11.2.